The van der Waals surface area contributed by atoms with Gasteiger partial charge < -0.3 is 23.7 Å². The summed E-state index contributed by atoms with van der Waals surface area (Å²) in [5.41, 5.74) is 4.72. The van der Waals surface area contributed by atoms with Crippen LogP contribution in [-0.4, -0.2) is 35.5 Å². The molecule has 0 amide bonds. The van der Waals surface area contributed by atoms with Gasteiger partial charge in [0.25, 0.3) is 0 Å². The fraction of sp³-hybridized carbons (Fsp3) is 0.250. The summed E-state index contributed by atoms with van der Waals surface area (Å²) in [6.45, 7) is 0. The van der Waals surface area contributed by atoms with Crippen LogP contribution in [0.4, 0.5) is 0 Å². The smallest absolute Gasteiger partial charge is 0.209 e. The number of hydrogen-bond acceptors (Lipinski definition) is 5. The van der Waals surface area contributed by atoms with Crippen molar-refractivity contribution in [3.8, 4) is 28.7 Å². The molecule has 1 aliphatic heterocycles. The number of benzene rings is 3. The molecule has 1 aliphatic rings. The van der Waals surface area contributed by atoms with Gasteiger partial charge in [-0.1, -0.05) is 0 Å². The first-order chi connectivity index (χ1) is 16.6. The zero-order valence-electron chi connectivity index (χ0n) is 20.0. The number of ether oxygens (including phenoxy) is 5. The normalized spacial score (nSPS) is 14.2. The second-order valence-corrected chi connectivity index (χ2v) is 8.22. The van der Waals surface area contributed by atoms with Crippen LogP contribution in [-0.2, 0) is 6.42 Å². The third kappa shape index (κ3) is 3.46. The minimum absolute atomic E-state index is 0.0399. The van der Waals surface area contributed by atoms with Crippen LogP contribution in [0.3, 0.4) is 0 Å². The molecule has 0 saturated heterocycles. The second kappa shape index (κ2) is 8.78. The Balaban J connectivity index is 1.79. The van der Waals surface area contributed by atoms with E-state index in [1.54, 1.807) is 35.5 Å². The molecular formula is C28H28NO5+. The van der Waals surface area contributed by atoms with Gasteiger partial charge in [-0.2, -0.15) is 4.57 Å². The molecule has 1 atom stereocenters. The first kappa shape index (κ1) is 21.9. The summed E-state index contributed by atoms with van der Waals surface area (Å²) in [7, 11) is 8.35. The van der Waals surface area contributed by atoms with E-state index in [-0.39, 0.29) is 6.04 Å². The highest BCUT2D eigenvalue weighted by Gasteiger charge is 2.36. The van der Waals surface area contributed by atoms with Crippen molar-refractivity contribution in [2.75, 3.05) is 35.5 Å². The van der Waals surface area contributed by atoms with E-state index in [2.05, 4.69) is 47.2 Å². The molecule has 0 spiro atoms. The van der Waals surface area contributed by atoms with Gasteiger partial charge in [0.2, 0.25) is 6.04 Å². The van der Waals surface area contributed by atoms with Gasteiger partial charge >= 0.3 is 0 Å². The SMILES string of the molecule is COc1ccc([C@H]2c3cc(OC)c(OC)cc3Cc3c4cc(OC)c(OC)cc4cc[n+]32)cc1. The van der Waals surface area contributed by atoms with Crippen LogP contribution in [0.1, 0.15) is 28.4 Å². The lowest BCUT2D eigenvalue weighted by atomic mass is 9.86. The van der Waals surface area contributed by atoms with Crippen LogP contribution in [0.15, 0.2) is 60.8 Å². The Bertz CT molecular complexity index is 1360. The zero-order chi connectivity index (χ0) is 23.8. The molecule has 34 heavy (non-hydrogen) atoms. The van der Waals surface area contributed by atoms with Crippen LogP contribution in [0.2, 0.25) is 0 Å². The van der Waals surface area contributed by atoms with Crippen molar-refractivity contribution in [1.82, 2.24) is 0 Å². The molecule has 0 radical (unpaired) electrons. The third-order valence-electron chi connectivity index (χ3n) is 6.60. The molecule has 4 aromatic rings. The topological polar surface area (TPSA) is 50.0 Å². The quantitative estimate of drug-likeness (QED) is 0.345. The van der Waals surface area contributed by atoms with Gasteiger partial charge in [0.15, 0.2) is 34.9 Å². The Labute approximate surface area is 199 Å². The molecule has 0 aliphatic carbocycles. The molecule has 0 saturated carbocycles. The number of aromatic nitrogens is 1. The largest absolute Gasteiger partial charge is 0.497 e. The minimum Gasteiger partial charge on any atom is -0.497 e. The van der Waals surface area contributed by atoms with E-state index in [0.29, 0.717) is 11.5 Å². The second-order valence-electron chi connectivity index (χ2n) is 8.22. The van der Waals surface area contributed by atoms with Gasteiger partial charge in [-0.25, -0.2) is 0 Å². The van der Waals surface area contributed by atoms with Crippen molar-refractivity contribution < 1.29 is 28.3 Å². The highest BCUT2D eigenvalue weighted by Crippen LogP contribution is 2.41. The molecular weight excluding hydrogens is 430 g/mol. The molecule has 5 rings (SSSR count). The standard InChI is InChI=1S/C28H28NO5/c1-30-20-8-6-17(7-9-20)28-22-16-27(34-5)25(32-3)14-19(22)12-23-21-15-26(33-4)24(31-2)13-18(21)10-11-29(23)28/h6-11,13-16,28H,12H2,1-5H3/q+1/t28-/m0/s1. The first-order valence-electron chi connectivity index (χ1n) is 11.1. The molecule has 0 bridgehead atoms. The zero-order valence-corrected chi connectivity index (χ0v) is 20.0. The molecule has 6 nitrogen and oxygen atoms in total. The summed E-state index contributed by atoms with van der Waals surface area (Å²) in [4.78, 5) is 0. The Morgan fingerprint density at radius 2 is 1.29 bits per heavy atom. The van der Waals surface area contributed by atoms with E-state index < -0.39 is 0 Å². The number of methoxy groups -OCH3 is 5. The predicted octanol–water partition coefficient (Wildman–Crippen LogP) is 4.71. The van der Waals surface area contributed by atoms with E-state index in [1.807, 2.05) is 18.2 Å². The van der Waals surface area contributed by atoms with Gasteiger partial charge in [-0.05, 0) is 59.5 Å². The Kier molecular flexibility index (Phi) is 5.65. The molecule has 1 aromatic heterocycles. The van der Waals surface area contributed by atoms with Crippen LogP contribution < -0.4 is 28.3 Å². The average Bonchev–Trinajstić information content (AvgIpc) is 2.90. The minimum atomic E-state index is -0.0399. The molecule has 3 aromatic carbocycles. The van der Waals surface area contributed by atoms with Crippen molar-refractivity contribution in [3.05, 3.63) is 83.2 Å². The lowest BCUT2D eigenvalue weighted by Gasteiger charge is -2.26. The van der Waals surface area contributed by atoms with E-state index in [0.717, 1.165) is 40.0 Å². The fourth-order valence-corrected chi connectivity index (χ4v) is 4.90. The van der Waals surface area contributed by atoms with Gasteiger partial charge in [0, 0.05) is 17.2 Å². The summed E-state index contributed by atoms with van der Waals surface area (Å²) in [5, 5.41) is 2.22. The number of pyridine rings is 1. The Hall–Kier alpha value is -3.93. The van der Waals surface area contributed by atoms with E-state index >= 15 is 0 Å². The van der Waals surface area contributed by atoms with E-state index in [9.17, 15) is 0 Å². The summed E-state index contributed by atoms with van der Waals surface area (Å²) >= 11 is 0. The third-order valence-corrected chi connectivity index (χ3v) is 6.60. The van der Waals surface area contributed by atoms with Crippen LogP contribution in [0, 0.1) is 0 Å². The van der Waals surface area contributed by atoms with Crippen molar-refractivity contribution in [2.45, 2.75) is 12.5 Å². The van der Waals surface area contributed by atoms with Crippen LogP contribution in [0.25, 0.3) is 10.8 Å². The molecule has 6 heteroatoms. The van der Waals surface area contributed by atoms with Crippen LogP contribution in [0.5, 0.6) is 28.7 Å². The molecule has 174 valence electrons. The van der Waals surface area contributed by atoms with Crippen molar-refractivity contribution in [2.24, 2.45) is 0 Å². The molecule has 0 fully saturated rings. The summed E-state index contributed by atoms with van der Waals surface area (Å²) in [6, 6.07) is 18.6. The molecule has 0 N–H and O–H groups in total. The maximum absolute atomic E-state index is 5.65. The maximum Gasteiger partial charge on any atom is 0.209 e. The highest BCUT2D eigenvalue weighted by atomic mass is 16.5. The number of hydrogen-bond donors (Lipinski definition) is 0. The Morgan fingerprint density at radius 1 is 0.676 bits per heavy atom. The number of rotatable bonds is 6. The average molecular weight is 459 g/mol. The lowest BCUT2D eigenvalue weighted by Crippen LogP contribution is -2.47. The maximum atomic E-state index is 5.65. The molecule has 0 unspecified atom stereocenters. The van der Waals surface area contributed by atoms with Gasteiger partial charge in [-0.15, -0.1) is 0 Å². The van der Waals surface area contributed by atoms with E-state index in [1.165, 1.54) is 16.8 Å². The van der Waals surface area contributed by atoms with Crippen molar-refractivity contribution in [3.63, 3.8) is 0 Å². The summed E-state index contributed by atoms with van der Waals surface area (Å²) in [6.07, 6.45) is 2.90. The van der Waals surface area contributed by atoms with E-state index in [4.69, 9.17) is 23.7 Å². The van der Waals surface area contributed by atoms with Gasteiger partial charge in [-0.3, -0.25) is 0 Å². The van der Waals surface area contributed by atoms with Crippen molar-refractivity contribution in [1.29, 1.82) is 0 Å². The van der Waals surface area contributed by atoms with Gasteiger partial charge in [0.1, 0.15) is 5.75 Å². The van der Waals surface area contributed by atoms with Gasteiger partial charge in [0.05, 0.1) is 47.4 Å². The number of nitrogens with zero attached hydrogens (tertiary/aromatic N) is 1. The fourth-order valence-electron chi connectivity index (χ4n) is 4.90. The lowest BCUT2D eigenvalue weighted by molar-refractivity contribution is -0.712. The van der Waals surface area contributed by atoms with Crippen LogP contribution >= 0.6 is 0 Å². The Morgan fingerprint density at radius 3 is 1.94 bits per heavy atom. The predicted molar refractivity (Wildman–Crippen MR) is 130 cm³/mol. The number of fused-ring (bicyclic) bond motifs is 4. The highest BCUT2D eigenvalue weighted by molar-refractivity contribution is 5.87. The first-order valence-corrected chi connectivity index (χ1v) is 11.1. The monoisotopic (exact) mass is 458 g/mol. The summed E-state index contributed by atoms with van der Waals surface area (Å²) in [5.74, 6) is 3.70. The summed E-state index contributed by atoms with van der Waals surface area (Å²) < 4.78 is 30.2. The van der Waals surface area contributed by atoms with Crippen molar-refractivity contribution >= 4 is 10.8 Å². The molecule has 2 heterocycles.